The van der Waals surface area contributed by atoms with E-state index in [2.05, 4.69) is 47.6 Å². The van der Waals surface area contributed by atoms with Gasteiger partial charge in [0.05, 0.1) is 5.76 Å². The van der Waals surface area contributed by atoms with Crippen LogP contribution >= 0.6 is 0 Å². The van der Waals surface area contributed by atoms with Gasteiger partial charge in [-0.1, -0.05) is 53.7 Å². The third-order valence-electron chi connectivity index (χ3n) is 3.95. The lowest BCUT2D eigenvalue weighted by Gasteiger charge is -2.47. The summed E-state index contributed by atoms with van der Waals surface area (Å²) in [7, 11) is 0. The Hall–Kier alpha value is -0.720. The van der Waals surface area contributed by atoms with Crippen LogP contribution in [0.5, 0.6) is 0 Å². The summed E-state index contributed by atoms with van der Waals surface area (Å²) in [6.45, 7) is 13.5. The van der Waals surface area contributed by atoms with Crippen molar-refractivity contribution < 1.29 is 5.11 Å². The van der Waals surface area contributed by atoms with E-state index in [0.717, 1.165) is 12.8 Å². The van der Waals surface area contributed by atoms with Gasteiger partial charge in [-0.2, -0.15) is 0 Å². The third-order valence-corrected chi connectivity index (χ3v) is 3.95. The second-order valence-electron chi connectivity index (χ2n) is 7.14. The Bertz CT molecular complexity index is 315. The average Bonchev–Trinajstić information content (AvgIpc) is 2.05. The molecule has 0 heterocycles. The zero-order chi connectivity index (χ0) is 12.6. The molecule has 0 fully saturated rings. The number of aliphatic hydroxyl groups is 1. The Kier molecular flexibility index (Phi) is 3.29. The van der Waals surface area contributed by atoms with Crippen molar-refractivity contribution in [2.75, 3.05) is 0 Å². The van der Waals surface area contributed by atoms with E-state index in [-0.39, 0.29) is 16.2 Å². The van der Waals surface area contributed by atoms with Crippen LogP contribution in [0, 0.1) is 16.2 Å². The minimum Gasteiger partial charge on any atom is -0.512 e. The summed E-state index contributed by atoms with van der Waals surface area (Å²) in [5.74, 6) is 0.532. The molecule has 0 spiro atoms. The predicted octanol–water partition coefficient (Wildman–Crippen LogP) is 4.86. The molecule has 0 aromatic rings. The lowest BCUT2D eigenvalue weighted by molar-refractivity contribution is 0.0386. The summed E-state index contributed by atoms with van der Waals surface area (Å²) in [5, 5.41) is 10.2. The first-order valence-corrected chi connectivity index (χ1v) is 6.15. The van der Waals surface area contributed by atoms with Crippen molar-refractivity contribution in [3.05, 3.63) is 24.0 Å². The number of aliphatic hydroxyl groups excluding tert-OH is 1. The van der Waals surface area contributed by atoms with Crippen molar-refractivity contribution in [3.8, 4) is 0 Å². The molecule has 0 saturated carbocycles. The van der Waals surface area contributed by atoms with Crippen LogP contribution in [0.4, 0.5) is 0 Å². The summed E-state index contributed by atoms with van der Waals surface area (Å²) < 4.78 is 0. The van der Waals surface area contributed by atoms with Crippen molar-refractivity contribution in [3.63, 3.8) is 0 Å². The summed E-state index contributed by atoms with van der Waals surface area (Å²) in [4.78, 5) is 0. The minimum atomic E-state index is -0.130. The molecular weight excluding hydrogens is 196 g/mol. The SMILES string of the molecule is CC(C)(C)CC(C)(C)C1(C)CC=CC=C1O. The molecular formula is C15H26O. The molecule has 1 unspecified atom stereocenters. The first-order chi connectivity index (χ1) is 7.08. The summed E-state index contributed by atoms with van der Waals surface area (Å²) in [6.07, 6.45) is 7.98. The maximum Gasteiger partial charge on any atom is 0.0989 e. The van der Waals surface area contributed by atoms with Crippen LogP contribution in [0.3, 0.4) is 0 Å². The summed E-state index contributed by atoms with van der Waals surface area (Å²) in [5.41, 5.74) is 0.250. The molecule has 0 amide bonds. The van der Waals surface area contributed by atoms with Crippen molar-refractivity contribution in [2.45, 2.75) is 54.4 Å². The molecule has 92 valence electrons. The standard InChI is InChI=1S/C15H26O/c1-13(2,3)11-14(4,5)15(6)10-8-7-9-12(15)16/h7-9,16H,10-11H2,1-6H3. The molecule has 16 heavy (non-hydrogen) atoms. The van der Waals surface area contributed by atoms with Gasteiger partial charge in [0.1, 0.15) is 0 Å². The van der Waals surface area contributed by atoms with Gasteiger partial charge in [0, 0.05) is 5.41 Å². The van der Waals surface area contributed by atoms with Crippen molar-refractivity contribution in [1.82, 2.24) is 0 Å². The summed E-state index contributed by atoms with van der Waals surface area (Å²) >= 11 is 0. The fourth-order valence-electron chi connectivity index (χ4n) is 2.90. The van der Waals surface area contributed by atoms with Crippen LogP contribution in [0.2, 0.25) is 0 Å². The Balaban J connectivity index is 2.99. The van der Waals surface area contributed by atoms with Crippen molar-refractivity contribution in [1.29, 1.82) is 0 Å². The number of hydrogen-bond donors (Lipinski definition) is 1. The topological polar surface area (TPSA) is 20.2 Å². The van der Waals surface area contributed by atoms with Crippen LogP contribution in [0.1, 0.15) is 54.4 Å². The molecule has 0 bridgehead atoms. The van der Waals surface area contributed by atoms with Crippen molar-refractivity contribution >= 4 is 0 Å². The van der Waals surface area contributed by atoms with Crippen LogP contribution < -0.4 is 0 Å². The van der Waals surface area contributed by atoms with Gasteiger partial charge in [0.2, 0.25) is 0 Å². The lowest BCUT2D eigenvalue weighted by atomic mass is 9.58. The summed E-state index contributed by atoms with van der Waals surface area (Å²) in [6, 6.07) is 0. The molecule has 1 heteroatoms. The van der Waals surface area contributed by atoms with Crippen LogP contribution in [-0.4, -0.2) is 5.11 Å². The highest BCUT2D eigenvalue weighted by atomic mass is 16.3. The zero-order valence-electron chi connectivity index (χ0n) is 11.6. The van der Waals surface area contributed by atoms with E-state index in [4.69, 9.17) is 0 Å². The van der Waals surface area contributed by atoms with Gasteiger partial charge >= 0.3 is 0 Å². The second-order valence-corrected chi connectivity index (χ2v) is 7.14. The second kappa shape index (κ2) is 3.94. The van der Waals surface area contributed by atoms with Gasteiger partial charge in [-0.05, 0) is 29.7 Å². The zero-order valence-corrected chi connectivity index (χ0v) is 11.6. The van der Waals surface area contributed by atoms with E-state index in [0.29, 0.717) is 5.76 Å². The van der Waals surface area contributed by atoms with Gasteiger partial charge in [0.25, 0.3) is 0 Å². The molecule has 0 aromatic carbocycles. The lowest BCUT2D eigenvalue weighted by Crippen LogP contribution is -2.40. The van der Waals surface area contributed by atoms with Gasteiger partial charge in [-0.3, -0.25) is 0 Å². The fourth-order valence-corrected chi connectivity index (χ4v) is 2.90. The molecule has 0 aliphatic heterocycles. The van der Waals surface area contributed by atoms with E-state index in [9.17, 15) is 5.11 Å². The highest BCUT2D eigenvalue weighted by Crippen LogP contribution is 2.53. The smallest absolute Gasteiger partial charge is 0.0989 e. The third kappa shape index (κ3) is 2.50. The molecule has 0 aromatic heterocycles. The molecule has 0 radical (unpaired) electrons. The molecule has 0 saturated heterocycles. The molecule has 1 nitrogen and oxygen atoms in total. The van der Waals surface area contributed by atoms with Crippen LogP contribution in [0.25, 0.3) is 0 Å². The van der Waals surface area contributed by atoms with E-state index >= 15 is 0 Å². The molecule has 1 atom stereocenters. The molecule has 1 N–H and O–H groups in total. The van der Waals surface area contributed by atoms with Crippen molar-refractivity contribution in [2.24, 2.45) is 16.2 Å². The van der Waals surface area contributed by atoms with E-state index < -0.39 is 0 Å². The Morgan fingerprint density at radius 2 is 1.81 bits per heavy atom. The highest BCUT2D eigenvalue weighted by molar-refractivity contribution is 5.23. The molecule has 1 rings (SSSR count). The maximum atomic E-state index is 10.2. The number of allylic oxidation sites excluding steroid dienone is 4. The monoisotopic (exact) mass is 222 g/mol. The molecule has 1 aliphatic rings. The van der Waals surface area contributed by atoms with E-state index in [1.54, 1.807) is 0 Å². The van der Waals surface area contributed by atoms with Gasteiger partial charge in [0.15, 0.2) is 0 Å². The van der Waals surface area contributed by atoms with E-state index in [1.807, 2.05) is 12.2 Å². The predicted molar refractivity (Wildman–Crippen MR) is 70.4 cm³/mol. The molecule has 1 aliphatic carbocycles. The quantitative estimate of drug-likeness (QED) is 0.707. The van der Waals surface area contributed by atoms with Gasteiger partial charge < -0.3 is 5.11 Å². The average molecular weight is 222 g/mol. The van der Waals surface area contributed by atoms with Crippen LogP contribution in [0.15, 0.2) is 24.0 Å². The first kappa shape index (κ1) is 13.3. The normalized spacial score (nSPS) is 26.8. The largest absolute Gasteiger partial charge is 0.512 e. The highest BCUT2D eigenvalue weighted by Gasteiger charge is 2.45. The van der Waals surface area contributed by atoms with Gasteiger partial charge in [-0.25, -0.2) is 0 Å². The minimum absolute atomic E-state index is 0.0938. The Morgan fingerprint density at radius 1 is 1.25 bits per heavy atom. The maximum absolute atomic E-state index is 10.2. The van der Waals surface area contributed by atoms with Gasteiger partial charge in [-0.15, -0.1) is 0 Å². The first-order valence-electron chi connectivity index (χ1n) is 6.15. The van der Waals surface area contributed by atoms with E-state index in [1.165, 1.54) is 0 Å². The Labute approximate surface area is 100 Å². The Morgan fingerprint density at radius 3 is 2.25 bits per heavy atom. The van der Waals surface area contributed by atoms with Crippen LogP contribution in [-0.2, 0) is 0 Å². The number of rotatable bonds is 2. The number of hydrogen-bond acceptors (Lipinski definition) is 1. The fraction of sp³-hybridized carbons (Fsp3) is 0.733.